The predicted molar refractivity (Wildman–Crippen MR) is 60.9 cm³/mol. The highest BCUT2D eigenvalue weighted by atomic mass is 19.2. The van der Waals surface area contributed by atoms with E-state index in [4.69, 9.17) is 12.2 Å². The number of hydrogen-bond donors (Lipinski definition) is 1. The van der Waals surface area contributed by atoms with Crippen LogP contribution >= 0.6 is 0 Å². The number of rotatable bonds is 0. The van der Waals surface area contributed by atoms with E-state index in [1.807, 2.05) is 0 Å². The second-order valence-corrected chi connectivity index (χ2v) is 3.63. The molecule has 0 amide bonds. The third-order valence-corrected chi connectivity index (χ3v) is 2.49. The Morgan fingerprint density at radius 1 is 1.25 bits per heavy atom. The van der Waals surface area contributed by atoms with Crippen LogP contribution in [0.2, 0.25) is 0 Å². The van der Waals surface area contributed by atoms with Crippen molar-refractivity contribution in [3.8, 4) is 12.3 Å². The molecule has 2 aromatic carbocycles. The molecule has 80 valence electrons. The summed E-state index contributed by atoms with van der Waals surface area (Å²) in [6.07, 6.45) is 5.20. The van der Waals surface area contributed by atoms with E-state index in [2.05, 4.69) is 5.92 Å². The van der Waals surface area contributed by atoms with Gasteiger partial charge in [0.2, 0.25) is 0 Å². The van der Waals surface area contributed by atoms with Crippen molar-refractivity contribution >= 4 is 16.5 Å². The third kappa shape index (κ3) is 1.40. The summed E-state index contributed by atoms with van der Waals surface area (Å²) < 4.78 is 26.7. The van der Waals surface area contributed by atoms with Gasteiger partial charge in [0, 0.05) is 11.1 Å². The normalized spacial score (nSPS) is 10.4. The van der Waals surface area contributed by atoms with Crippen molar-refractivity contribution in [2.75, 3.05) is 5.73 Å². The summed E-state index contributed by atoms with van der Waals surface area (Å²) in [5.41, 5.74) is 6.82. The van der Waals surface area contributed by atoms with Crippen molar-refractivity contribution in [2.24, 2.45) is 0 Å². The Hall–Kier alpha value is -2.08. The maximum Gasteiger partial charge on any atom is 0.175 e. The molecule has 0 bridgehead atoms. The standard InChI is InChI=1S/C13H9F2N/c1-3-10-12-7(2)4-9(16)5-8(12)6-11(14)13(10)15/h1,4-6H,16H2,2H3. The van der Waals surface area contributed by atoms with Gasteiger partial charge in [-0.05, 0) is 36.1 Å². The van der Waals surface area contributed by atoms with Crippen molar-refractivity contribution in [2.45, 2.75) is 6.92 Å². The van der Waals surface area contributed by atoms with Gasteiger partial charge in [-0.1, -0.05) is 5.92 Å². The molecule has 0 spiro atoms. The number of nitrogen functional groups attached to an aromatic ring is 1. The Kier molecular flexibility index (Phi) is 2.28. The fourth-order valence-corrected chi connectivity index (χ4v) is 1.86. The van der Waals surface area contributed by atoms with Crippen LogP contribution in [-0.2, 0) is 0 Å². The van der Waals surface area contributed by atoms with Crippen molar-refractivity contribution < 1.29 is 8.78 Å². The van der Waals surface area contributed by atoms with Crippen LogP contribution in [-0.4, -0.2) is 0 Å². The molecule has 0 atom stereocenters. The lowest BCUT2D eigenvalue weighted by Crippen LogP contribution is -1.96. The molecule has 0 radical (unpaired) electrons. The second kappa shape index (κ2) is 3.49. The fourth-order valence-electron chi connectivity index (χ4n) is 1.86. The van der Waals surface area contributed by atoms with Gasteiger partial charge >= 0.3 is 0 Å². The Balaban J connectivity index is 3.04. The highest BCUT2D eigenvalue weighted by Crippen LogP contribution is 2.28. The van der Waals surface area contributed by atoms with Gasteiger partial charge in [0.1, 0.15) is 0 Å². The van der Waals surface area contributed by atoms with Gasteiger partial charge < -0.3 is 5.73 Å². The molecule has 0 aromatic heterocycles. The topological polar surface area (TPSA) is 26.0 Å². The van der Waals surface area contributed by atoms with E-state index in [0.717, 1.165) is 11.6 Å². The molecule has 0 aliphatic heterocycles. The number of hydrogen-bond acceptors (Lipinski definition) is 1. The molecule has 2 rings (SSSR count). The van der Waals surface area contributed by atoms with Crippen molar-refractivity contribution in [1.82, 2.24) is 0 Å². The highest BCUT2D eigenvalue weighted by Gasteiger charge is 2.13. The zero-order valence-corrected chi connectivity index (χ0v) is 8.64. The Bertz CT molecular complexity index is 624. The molecule has 1 nitrogen and oxygen atoms in total. The molecule has 3 heteroatoms. The minimum Gasteiger partial charge on any atom is -0.399 e. The quantitative estimate of drug-likeness (QED) is 0.532. The van der Waals surface area contributed by atoms with E-state index in [1.54, 1.807) is 19.1 Å². The number of anilines is 1. The first-order chi connectivity index (χ1) is 7.54. The van der Waals surface area contributed by atoms with E-state index in [0.29, 0.717) is 16.5 Å². The van der Waals surface area contributed by atoms with Crippen molar-refractivity contribution in [3.05, 3.63) is 41.0 Å². The first-order valence-corrected chi connectivity index (χ1v) is 4.69. The smallest absolute Gasteiger partial charge is 0.175 e. The number of fused-ring (bicyclic) bond motifs is 1. The maximum absolute atomic E-state index is 13.5. The number of terminal acetylenes is 1. The van der Waals surface area contributed by atoms with Crippen molar-refractivity contribution in [1.29, 1.82) is 0 Å². The second-order valence-electron chi connectivity index (χ2n) is 3.63. The molecule has 0 heterocycles. The molecule has 0 fully saturated rings. The monoisotopic (exact) mass is 217 g/mol. The number of benzene rings is 2. The summed E-state index contributed by atoms with van der Waals surface area (Å²) in [7, 11) is 0. The van der Waals surface area contributed by atoms with Gasteiger partial charge in [-0.3, -0.25) is 0 Å². The summed E-state index contributed by atoms with van der Waals surface area (Å²) in [6, 6.07) is 4.36. The highest BCUT2D eigenvalue weighted by molar-refractivity contribution is 5.93. The summed E-state index contributed by atoms with van der Waals surface area (Å²) in [4.78, 5) is 0. The predicted octanol–water partition coefficient (Wildman–Crippen LogP) is 2.99. The van der Waals surface area contributed by atoms with E-state index < -0.39 is 11.6 Å². The lowest BCUT2D eigenvalue weighted by Gasteiger charge is -2.08. The van der Waals surface area contributed by atoms with Gasteiger partial charge in [-0.25, -0.2) is 8.78 Å². The number of halogens is 2. The van der Waals surface area contributed by atoms with E-state index in [-0.39, 0.29) is 5.56 Å². The molecule has 16 heavy (non-hydrogen) atoms. The number of nitrogens with two attached hydrogens (primary N) is 1. The molecule has 0 saturated heterocycles. The zero-order valence-electron chi connectivity index (χ0n) is 8.64. The van der Waals surface area contributed by atoms with Crippen molar-refractivity contribution in [3.63, 3.8) is 0 Å². The molecule has 0 aliphatic rings. The maximum atomic E-state index is 13.5. The largest absolute Gasteiger partial charge is 0.399 e. The van der Waals surface area contributed by atoms with Gasteiger partial charge in [-0.15, -0.1) is 6.42 Å². The first kappa shape index (κ1) is 10.4. The Labute approximate surface area is 91.9 Å². The van der Waals surface area contributed by atoms with Crippen LogP contribution in [0.25, 0.3) is 10.8 Å². The van der Waals surface area contributed by atoms with E-state index >= 15 is 0 Å². The summed E-state index contributed by atoms with van der Waals surface area (Å²) in [5.74, 6) is 0.247. The van der Waals surface area contributed by atoms with Crippen LogP contribution in [0.15, 0.2) is 18.2 Å². The van der Waals surface area contributed by atoms with E-state index in [9.17, 15) is 8.78 Å². The molecular formula is C13H9F2N. The number of aryl methyl sites for hydroxylation is 1. The van der Waals surface area contributed by atoms with E-state index in [1.165, 1.54) is 0 Å². The molecule has 0 aliphatic carbocycles. The summed E-state index contributed by atoms with van der Waals surface area (Å²) in [5, 5.41) is 1.06. The van der Waals surface area contributed by atoms with Gasteiger partial charge in [-0.2, -0.15) is 0 Å². The lowest BCUT2D eigenvalue weighted by atomic mass is 9.99. The SMILES string of the molecule is C#Cc1c(F)c(F)cc2cc(N)cc(C)c12. The molecule has 0 unspecified atom stereocenters. The minimum atomic E-state index is -0.983. The summed E-state index contributed by atoms with van der Waals surface area (Å²) >= 11 is 0. The Morgan fingerprint density at radius 3 is 2.56 bits per heavy atom. The average Bonchev–Trinajstić information content (AvgIpc) is 2.20. The molecule has 2 aromatic rings. The average molecular weight is 217 g/mol. The van der Waals surface area contributed by atoms with Gasteiger partial charge in [0.25, 0.3) is 0 Å². The minimum absolute atomic E-state index is 0.0486. The van der Waals surface area contributed by atoms with Crippen LogP contribution in [0, 0.1) is 30.9 Å². The van der Waals surface area contributed by atoms with Crippen LogP contribution in [0.1, 0.15) is 11.1 Å². The van der Waals surface area contributed by atoms with Crippen LogP contribution in [0.4, 0.5) is 14.5 Å². The molecule has 2 N–H and O–H groups in total. The van der Waals surface area contributed by atoms with Crippen LogP contribution < -0.4 is 5.73 Å². The lowest BCUT2D eigenvalue weighted by molar-refractivity contribution is 0.509. The van der Waals surface area contributed by atoms with Crippen LogP contribution in [0.5, 0.6) is 0 Å². The molecule has 0 saturated carbocycles. The van der Waals surface area contributed by atoms with Gasteiger partial charge in [0.15, 0.2) is 11.6 Å². The summed E-state index contributed by atoms with van der Waals surface area (Å²) in [6.45, 7) is 1.76. The third-order valence-electron chi connectivity index (χ3n) is 2.49. The van der Waals surface area contributed by atoms with Crippen LogP contribution in [0.3, 0.4) is 0 Å². The fraction of sp³-hybridized carbons (Fsp3) is 0.0769. The first-order valence-electron chi connectivity index (χ1n) is 4.69. The Morgan fingerprint density at radius 2 is 1.94 bits per heavy atom. The van der Waals surface area contributed by atoms with Gasteiger partial charge in [0.05, 0.1) is 5.56 Å². The molecular weight excluding hydrogens is 208 g/mol. The zero-order chi connectivity index (χ0) is 11.9.